The molecule has 0 saturated heterocycles. The van der Waals surface area contributed by atoms with E-state index in [0.29, 0.717) is 5.41 Å². The quantitative estimate of drug-likeness (QED) is 0.621. The molecule has 13 heavy (non-hydrogen) atoms. The van der Waals surface area contributed by atoms with Gasteiger partial charge < -0.3 is 5.32 Å². The van der Waals surface area contributed by atoms with Crippen LogP contribution in [0.3, 0.4) is 0 Å². The molecule has 76 valence electrons. The molecule has 1 unspecified atom stereocenters. The summed E-state index contributed by atoms with van der Waals surface area (Å²) >= 11 is 0. The van der Waals surface area contributed by atoms with Gasteiger partial charge in [0.05, 0.1) is 0 Å². The molecule has 1 nitrogen and oxygen atoms in total. The lowest BCUT2D eigenvalue weighted by Crippen LogP contribution is -2.33. The van der Waals surface area contributed by atoms with Gasteiger partial charge >= 0.3 is 0 Å². The van der Waals surface area contributed by atoms with Crippen molar-refractivity contribution in [3.8, 4) is 0 Å². The molecule has 0 spiro atoms. The normalized spacial score (nSPS) is 27.2. The third-order valence-electron chi connectivity index (χ3n) is 4.02. The highest BCUT2D eigenvalue weighted by atomic mass is 14.9. The number of hydrogen-bond acceptors (Lipinski definition) is 1. The number of rotatable bonds is 6. The molecule has 0 radical (unpaired) electrons. The second kappa shape index (κ2) is 3.61. The molecule has 1 heteroatoms. The van der Waals surface area contributed by atoms with Gasteiger partial charge in [-0.25, -0.2) is 0 Å². The fourth-order valence-electron chi connectivity index (χ4n) is 1.99. The van der Waals surface area contributed by atoms with Crippen LogP contribution in [0.15, 0.2) is 0 Å². The maximum Gasteiger partial charge on any atom is 0.00925 e. The molecule has 2 saturated carbocycles. The van der Waals surface area contributed by atoms with E-state index in [9.17, 15) is 0 Å². The molecule has 1 atom stereocenters. The highest BCUT2D eigenvalue weighted by Gasteiger charge is 2.41. The number of hydrogen-bond donors (Lipinski definition) is 1. The van der Waals surface area contributed by atoms with Crippen LogP contribution >= 0.6 is 0 Å². The van der Waals surface area contributed by atoms with Crippen LogP contribution in [0.4, 0.5) is 0 Å². The SMILES string of the molecule is CC(NCCCC1CC1)C1(C)CC1. The van der Waals surface area contributed by atoms with Crippen molar-refractivity contribution in [2.24, 2.45) is 11.3 Å². The van der Waals surface area contributed by atoms with E-state index in [1.807, 2.05) is 0 Å². The third kappa shape index (κ3) is 2.70. The topological polar surface area (TPSA) is 12.0 Å². The molecule has 0 amide bonds. The Morgan fingerprint density at radius 3 is 2.62 bits per heavy atom. The Bertz CT molecular complexity index is 168. The molecule has 2 aliphatic rings. The first kappa shape index (κ1) is 9.51. The van der Waals surface area contributed by atoms with Gasteiger partial charge in [0.25, 0.3) is 0 Å². The summed E-state index contributed by atoms with van der Waals surface area (Å²) in [6.07, 6.45) is 8.75. The Labute approximate surface area is 82.3 Å². The summed E-state index contributed by atoms with van der Waals surface area (Å²) in [5.74, 6) is 1.11. The van der Waals surface area contributed by atoms with Crippen LogP contribution in [0, 0.1) is 11.3 Å². The molecule has 0 aromatic carbocycles. The van der Waals surface area contributed by atoms with Crippen molar-refractivity contribution in [3.05, 3.63) is 0 Å². The first-order chi connectivity index (χ1) is 6.21. The summed E-state index contributed by atoms with van der Waals surface area (Å²) in [4.78, 5) is 0. The van der Waals surface area contributed by atoms with Crippen molar-refractivity contribution in [1.29, 1.82) is 0 Å². The van der Waals surface area contributed by atoms with Crippen molar-refractivity contribution in [2.75, 3.05) is 6.54 Å². The van der Waals surface area contributed by atoms with Crippen molar-refractivity contribution in [3.63, 3.8) is 0 Å². The molecule has 0 bridgehead atoms. The summed E-state index contributed by atoms with van der Waals surface area (Å²) in [5.41, 5.74) is 0.652. The van der Waals surface area contributed by atoms with Gasteiger partial charge in [-0.1, -0.05) is 19.8 Å². The fourth-order valence-corrected chi connectivity index (χ4v) is 1.99. The van der Waals surface area contributed by atoms with Gasteiger partial charge in [0.2, 0.25) is 0 Å². The van der Waals surface area contributed by atoms with Gasteiger partial charge in [-0.2, -0.15) is 0 Å². The minimum atomic E-state index is 0.652. The molecule has 2 fully saturated rings. The average molecular weight is 181 g/mol. The first-order valence-electron chi connectivity index (χ1n) is 5.94. The lowest BCUT2D eigenvalue weighted by atomic mass is 10.0. The molecule has 0 heterocycles. The first-order valence-corrected chi connectivity index (χ1v) is 5.94. The highest BCUT2D eigenvalue weighted by Crippen LogP contribution is 2.47. The van der Waals surface area contributed by atoms with Gasteiger partial charge in [0, 0.05) is 6.04 Å². The maximum atomic E-state index is 3.67. The van der Waals surface area contributed by atoms with Crippen molar-refractivity contribution < 1.29 is 0 Å². The van der Waals surface area contributed by atoms with Crippen LogP contribution in [0.25, 0.3) is 0 Å². The Hall–Kier alpha value is -0.0400. The lowest BCUT2D eigenvalue weighted by Gasteiger charge is -2.20. The average Bonchev–Trinajstić information content (AvgIpc) is 2.95. The summed E-state index contributed by atoms with van der Waals surface area (Å²) in [6.45, 7) is 6.00. The second-order valence-corrected chi connectivity index (χ2v) is 5.42. The van der Waals surface area contributed by atoms with E-state index in [1.54, 1.807) is 0 Å². The van der Waals surface area contributed by atoms with E-state index < -0.39 is 0 Å². The minimum absolute atomic E-state index is 0.652. The Balaban J connectivity index is 1.51. The molecular weight excluding hydrogens is 158 g/mol. The summed E-state index contributed by atoms with van der Waals surface area (Å²) < 4.78 is 0. The van der Waals surface area contributed by atoms with Gasteiger partial charge in [-0.05, 0) is 50.5 Å². The molecule has 0 aromatic rings. The zero-order valence-corrected chi connectivity index (χ0v) is 9.10. The van der Waals surface area contributed by atoms with Gasteiger partial charge in [0.1, 0.15) is 0 Å². The third-order valence-corrected chi connectivity index (χ3v) is 4.02. The van der Waals surface area contributed by atoms with E-state index in [1.165, 1.54) is 45.1 Å². The monoisotopic (exact) mass is 181 g/mol. The summed E-state index contributed by atoms with van der Waals surface area (Å²) in [6, 6.07) is 0.742. The van der Waals surface area contributed by atoms with E-state index >= 15 is 0 Å². The van der Waals surface area contributed by atoms with E-state index in [2.05, 4.69) is 19.2 Å². The van der Waals surface area contributed by atoms with Crippen LogP contribution in [0.1, 0.15) is 52.4 Å². The largest absolute Gasteiger partial charge is 0.314 e. The van der Waals surface area contributed by atoms with Gasteiger partial charge in [-0.15, -0.1) is 0 Å². The molecule has 2 rings (SSSR count). The second-order valence-electron chi connectivity index (χ2n) is 5.42. The summed E-state index contributed by atoms with van der Waals surface area (Å²) in [7, 11) is 0. The molecule has 1 N–H and O–H groups in total. The zero-order valence-electron chi connectivity index (χ0n) is 9.10. The van der Waals surface area contributed by atoms with E-state index in [0.717, 1.165) is 12.0 Å². The van der Waals surface area contributed by atoms with Crippen LogP contribution in [-0.2, 0) is 0 Å². The molecule has 0 aromatic heterocycles. The summed E-state index contributed by atoms with van der Waals surface area (Å²) in [5, 5.41) is 3.67. The molecule has 2 aliphatic carbocycles. The van der Waals surface area contributed by atoms with Crippen LogP contribution < -0.4 is 5.32 Å². The zero-order chi connectivity index (χ0) is 9.31. The van der Waals surface area contributed by atoms with Crippen LogP contribution in [-0.4, -0.2) is 12.6 Å². The lowest BCUT2D eigenvalue weighted by molar-refractivity contribution is 0.376. The predicted molar refractivity (Wildman–Crippen MR) is 56.8 cm³/mol. The van der Waals surface area contributed by atoms with Crippen molar-refractivity contribution in [2.45, 2.75) is 58.4 Å². The highest BCUT2D eigenvalue weighted by molar-refractivity contribution is 4.96. The van der Waals surface area contributed by atoms with E-state index in [-0.39, 0.29) is 0 Å². The standard InChI is InChI=1S/C12H23N/c1-10(12(2)7-8-12)13-9-3-4-11-5-6-11/h10-11,13H,3-9H2,1-2H3. The van der Waals surface area contributed by atoms with Crippen LogP contribution in [0.2, 0.25) is 0 Å². The van der Waals surface area contributed by atoms with Gasteiger partial charge in [0.15, 0.2) is 0 Å². The fraction of sp³-hybridized carbons (Fsp3) is 1.00. The Morgan fingerprint density at radius 2 is 2.08 bits per heavy atom. The Kier molecular flexibility index (Phi) is 2.64. The van der Waals surface area contributed by atoms with Crippen LogP contribution in [0.5, 0.6) is 0 Å². The molecule has 0 aliphatic heterocycles. The molecular formula is C12H23N. The smallest absolute Gasteiger partial charge is 0.00925 e. The van der Waals surface area contributed by atoms with Crippen molar-refractivity contribution >= 4 is 0 Å². The van der Waals surface area contributed by atoms with E-state index in [4.69, 9.17) is 0 Å². The predicted octanol–water partition coefficient (Wildman–Crippen LogP) is 2.95. The Morgan fingerprint density at radius 1 is 1.38 bits per heavy atom. The number of nitrogens with one attached hydrogen (secondary N) is 1. The maximum absolute atomic E-state index is 3.67. The van der Waals surface area contributed by atoms with Crippen molar-refractivity contribution in [1.82, 2.24) is 5.32 Å². The minimum Gasteiger partial charge on any atom is -0.314 e. The van der Waals surface area contributed by atoms with Gasteiger partial charge in [-0.3, -0.25) is 0 Å².